The number of aliphatic hydroxyl groups excluding tert-OH is 1. The van der Waals surface area contributed by atoms with Gasteiger partial charge in [-0.1, -0.05) is 23.7 Å². The summed E-state index contributed by atoms with van der Waals surface area (Å²) in [4.78, 5) is 4.58. The van der Waals surface area contributed by atoms with Gasteiger partial charge < -0.3 is 9.67 Å². The molecule has 1 aromatic carbocycles. The van der Waals surface area contributed by atoms with Gasteiger partial charge in [0.2, 0.25) is 0 Å². The predicted octanol–water partition coefficient (Wildman–Crippen LogP) is 3.03. The highest BCUT2D eigenvalue weighted by atomic mass is 35.5. The van der Waals surface area contributed by atoms with Crippen LogP contribution in [-0.2, 0) is 19.6 Å². The largest absolute Gasteiger partial charge is 0.390 e. The van der Waals surface area contributed by atoms with Gasteiger partial charge in [0.1, 0.15) is 5.82 Å². The monoisotopic (exact) mass is 262 g/mol. The fourth-order valence-electron chi connectivity index (χ4n) is 2.59. The maximum absolute atomic E-state index is 9.41. The lowest BCUT2D eigenvalue weighted by molar-refractivity contribution is 0.275. The SMILES string of the molecule is OCc1nc(-c2cccc(Cl)c2)n2c1CCCC2. The van der Waals surface area contributed by atoms with Gasteiger partial charge in [-0.25, -0.2) is 4.98 Å². The molecule has 0 bridgehead atoms. The molecular formula is C14H15ClN2O. The molecule has 18 heavy (non-hydrogen) atoms. The van der Waals surface area contributed by atoms with Crippen LogP contribution in [0.5, 0.6) is 0 Å². The molecule has 0 fully saturated rings. The highest BCUT2D eigenvalue weighted by molar-refractivity contribution is 6.30. The van der Waals surface area contributed by atoms with E-state index in [0.29, 0.717) is 5.02 Å². The first kappa shape index (κ1) is 11.8. The van der Waals surface area contributed by atoms with Gasteiger partial charge in [0, 0.05) is 22.8 Å². The van der Waals surface area contributed by atoms with Crippen molar-refractivity contribution in [2.75, 3.05) is 0 Å². The van der Waals surface area contributed by atoms with Crippen molar-refractivity contribution in [3.8, 4) is 11.4 Å². The van der Waals surface area contributed by atoms with Gasteiger partial charge in [0.15, 0.2) is 0 Å². The Morgan fingerprint density at radius 2 is 2.22 bits per heavy atom. The summed E-state index contributed by atoms with van der Waals surface area (Å²) in [6, 6.07) is 7.73. The molecule has 0 saturated carbocycles. The molecule has 94 valence electrons. The van der Waals surface area contributed by atoms with Gasteiger partial charge in [-0.2, -0.15) is 0 Å². The molecule has 1 aromatic heterocycles. The van der Waals surface area contributed by atoms with E-state index in [4.69, 9.17) is 11.6 Å². The third-order valence-corrected chi connectivity index (χ3v) is 3.67. The summed E-state index contributed by atoms with van der Waals surface area (Å²) in [5, 5.41) is 10.1. The van der Waals surface area contributed by atoms with E-state index in [9.17, 15) is 5.11 Å². The molecule has 0 spiro atoms. The normalized spacial score (nSPS) is 14.6. The summed E-state index contributed by atoms with van der Waals surface area (Å²) in [6.45, 7) is 0.986. The number of rotatable bonds is 2. The number of fused-ring (bicyclic) bond motifs is 1. The predicted molar refractivity (Wildman–Crippen MR) is 71.5 cm³/mol. The van der Waals surface area contributed by atoms with E-state index in [-0.39, 0.29) is 6.61 Å². The van der Waals surface area contributed by atoms with E-state index >= 15 is 0 Å². The van der Waals surface area contributed by atoms with Gasteiger partial charge in [0.05, 0.1) is 12.3 Å². The van der Waals surface area contributed by atoms with Crippen molar-refractivity contribution in [1.82, 2.24) is 9.55 Å². The zero-order chi connectivity index (χ0) is 12.5. The zero-order valence-electron chi connectivity index (χ0n) is 10.1. The van der Waals surface area contributed by atoms with Gasteiger partial charge in [-0.3, -0.25) is 0 Å². The standard InChI is InChI=1S/C14H15ClN2O/c15-11-5-3-4-10(8-11)14-16-12(9-18)13-6-1-2-7-17(13)14/h3-5,8,18H,1-2,6-7,9H2. The molecule has 3 rings (SSSR count). The highest BCUT2D eigenvalue weighted by Gasteiger charge is 2.20. The second-order valence-electron chi connectivity index (χ2n) is 4.61. The summed E-state index contributed by atoms with van der Waals surface area (Å²) in [5.74, 6) is 0.927. The number of nitrogens with zero attached hydrogens (tertiary/aromatic N) is 2. The van der Waals surface area contributed by atoms with Crippen LogP contribution in [0.2, 0.25) is 5.02 Å². The molecule has 1 N–H and O–H groups in total. The number of hydrogen-bond acceptors (Lipinski definition) is 2. The van der Waals surface area contributed by atoms with Crippen LogP contribution in [0, 0.1) is 0 Å². The fraction of sp³-hybridized carbons (Fsp3) is 0.357. The van der Waals surface area contributed by atoms with Gasteiger partial charge in [0.25, 0.3) is 0 Å². The molecule has 2 aromatic rings. The Balaban J connectivity index is 2.14. The fourth-order valence-corrected chi connectivity index (χ4v) is 2.78. The number of hydrogen-bond donors (Lipinski definition) is 1. The first-order valence-electron chi connectivity index (χ1n) is 6.24. The van der Waals surface area contributed by atoms with Crippen LogP contribution >= 0.6 is 11.6 Å². The lowest BCUT2D eigenvalue weighted by Gasteiger charge is -2.17. The molecule has 1 aliphatic rings. The van der Waals surface area contributed by atoms with Crippen molar-refractivity contribution in [1.29, 1.82) is 0 Å². The van der Waals surface area contributed by atoms with Crippen LogP contribution in [0.15, 0.2) is 24.3 Å². The van der Waals surface area contributed by atoms with E-state index < -0.39 is 0 Å². The summed E-state index contributed by atoms with van der Waals surface area (Å²) in [6.07, 6.45) is 3.35. The topological polar surface area (TPSA) is 38.1 Å². The van der Waals surface area contributed by atoms with Crippen molar-refractivity contribution < 1.29 is 5.11 Å². The molecule has 0 aliphatic carbocycles. The van der Waals surface area contributed by atoms with Crippen LogP contribution in [0.1, 0.15) is 24.2 Å². The Bertz CT molecular complexity index is 577. The van der Waals surface area contributed by atoms with Gasteiger partial charge in [-0.15, -0.1) is 0 Å². The average molecular weight is 263 g/mol. The molecule has 0 unspecified atom stereocenters. The minimum Gasteiger partial charge on any atom is -0.390 e. The third-order valence-electron chi connectivity index (χ3n) is 3.43. The molecule has 3 nitrogen and oxygen atoms in total. The first-order valence-corrected chi connectivity index (χ1v) is 6.62. The number of aliphatic hydroxyl groups is 1. The molecule has 4 heteroatoms. The lowest BCUT2D eigenvalue weighted by Crippen LogP contribution is -2.12. The van der Waals surface area contributed by atoms with Crippen LogP contribution in [0.3, 0.4) is 0 Å². The Hall–Kier alpha value is -1.32. The number of benzene rings is 1. The molecule has 0 atom stereocenters. The Morgan fingerprint density at radius 1 is 1.33 bits per heavy atom. The van der Waals surface area contributed by atoms with Gasteiger partial charge >= 0.3 is 0 Å². The zero-order valence-corrected chi connectivity index (χ0v) is 10.8. The van der Waals surface area contributed by atoms with Crippen molar-refractivity contribution in [2.24, 2.45) is 0 Å². The summed E-state index contributed by atoms with van der Waals surface area (Å²) >= 11 is 6.03. The van der Waals surface area contributed by atoms with E-state index in [1.807, 2.05) is 24.3 Å². The minimum absolute atomic E-state index is 0.00982. The van der Waals surface area contributed by atoms with E-state index in [1.165, 1.54) is 18.5 Å². The second-order valence-corrected chi connectivity index (χ2v) is 5.04. The van der Waals surface area contributed by atoms with E-state index in [2.05, 4.69) is 9.55 Å². The average Bonchev–Trinajstić information content (AvgIpc) is 2.77. The highest BCUT2D eigenvalue weighted by Crippen LogP contribution is 2.28. The molecule has 0 amide bonds. The number of halogens is 1. The smallest absolute Gasteiger partial charge is 0.140 e. The molecule has 1 aliphatic heterocycles. The van der Waals surface area contributed by atoms with Gasteiger partial charge in [-0.05, 0) is 31.4 Å². The summed E-state index contributed by atoms with van der Waals surface area (Å²) in [7, 11) is 0. The van der Waals surface area contributed by atoms with Crippen LogP contribution in [0.25, 0.3) is 11.4 Å². The summed E-state index contributed by atoms with van der Waals surface area (Å²) < 4.78 is 2.22. The third kappa shape index (κ3) is 1.93. The Labute approximate surface area is 111 Å². The second kappa shape index (κ2) is 4.75. The molecule has 0 radical (unpaired) electrons. The van der Waals surface area contributed by atoms with Crippen molar-refractivity contribution >= 4 is 11.6 Å². The van der Waals surface area contributed by atoms with E-state index in [1.54, 1.807) is 0 Å². The number of aromatic nitrogens is 2. The van der Waals surface area contributed by atoms with Crippen molar-refractivity contribution in [3.63, 3.8) is 0 Å². The minimum atomic E-state index is 0.00982. The van der Waals surface area contributed by atoms with Crippen LogP contribution in [-0.4, -0.2) is 14.7 Å². The Morgan fingerprint density at radius 3 is 3.00 bits per heavy atom. The van der Waals surface area contributed by atoms with Crippen LogP contribution < -0.4 is 0 Å². The molecule has 2 heterocycles. The summed E-state index contributed by atoms with van der Waals surface area (Å²) in [5.41, 5.74) is 3.01. The van der Waals surface area contributed by atoms with Crippen LogP contribution in [0.4, 0.5) is 0 Å². The first-order chi connectivity index (χ1) is 8.79. The molecule has 0 saturated heterocycles. The van der Waals surface area contributed by atoms with Crippen molar-refractivity contribution in [3.05, 3.63) is 40.7 Å². The number of imidazole rings is 1. The maximum atomic E-state index is 9.41. The molecular weight excluding hydrogens is 248 g/mol. The van der Waals surface area contributed by atoms with Crippen molar-refractivity contribution in [2.45, 2.75) is 32.4 Å². The maximum Gasteiger partial charge on any atom is 0.140 e. The lowest BCUT2D eigenvalue weighted by atomic mass is 10.1. The van der Waals surface area contributed by atoms with E-state index in [0.717, 1.165) is 30.0 Å². The Kier molecular flexibility index (Phi) is 3.10. The quantitative estimate of drug-likeness (QED) is 0.903.